The van der Waals surface area contributed by atoms with Crippen LogP contribution in [-0.4, -0.2) is 13.2 Å². The second-order valence-corrected chi connectivity index (χ2v) is 9.63. The summed E-state index contributed by atoms with van der Waals surface area (Å²) in [4.78, 5) is 6.22. The number of anilines is 1. The van der Waals surface area contributed by atoms with Crippen molar-refractivity contribution in [3.05, 3.63) is 30.3 Å². The minimum Gasteiger partial charge on any atom is -0.273 e. The van der Waals surface area contributed by atoms with Gasteiger partial charge in [0.15, 0.2) is 0 Å². The Balaban J connectivity index is 2.08. The monoisotopic (exact) mass is 445 g/mol. The molecule has 0 saturated heterocycles. The average molecular weight is 446 g/mol. The van der Waals surface area contributed by atoms with Gasteiger partial charge in [-0.1, -0.05) is 148 Å². The smallest absolute Gasteiger partial charge is 0.0748 e. The zero-order chi connectivity index (χ0) is 23.0. The molecular weight excluding hydrogens is 390 g/mol. The predicted molar refractivity (Wildman–Crippen MR) is 143 cm³/mol. The minimum absolute atomic E-state index is 0.850. The van der Waals surface area contributed by atoms with Crippen molar-refractivity contribution in [2.75, 3.05) is 18.2 Å². The highest BCUT2D eigenvalue weighted by molar-refractivity contribution is 5.43. The van der Waals surface area contributed by atoms with Gasteiger partial charge < -0.3 is 0 Å². The topological polar surface area (TPSA) is 12.5 Å². The van der Waals surface area contributed by atoms with Crippen LogP contribution in [0.25, 0.3) is 0 Å². The molecule has 0 aliphatic rings. The molecule has 0 spiro atoms. The second-order valence-electron chi connectivity index (χ2n) is 9.63. The first-order chi connectivity index (χ1) is 15.9. The summed E-state index contributed by atoms with van der Waals surface area (Å²) in [6.07, 6.45) is 27.5. The van der Waals surface area contributed by atoms with E-state index in [-0.39, 0.29) is 0 Å². The van der Waals surface area contributed by atoms with E-state index >= 15 is 0 Å². The lowest BCUT2D eigenvalue weighted by Gasteiger charge is -2.24. The Morgan fingerprint density at radius 3 is 1.38 bits per heavy atom. The van der Waals surface area contributed by atoms with Crippen molar-refractivity contribution in [2.24, 2.45) is 0 Å². The number of unbranched alkanes of at least 4 members (excludes halogenated alkanes) is 18. The maximum Gasteiger partial charge on any atom is 0.0748 e. The largest absolute Gasteiger partial charge is 0.273 e. The van der Waals surface area contributed by atoms with Gasteiger partial charge in [0.25, 0.3) is 0 Å². The summed E-state index contributed by atoms with van der Waals surface area (Å²) < 4.78 is 0. The van der Waals surface area contributed by atoms with Crippen LogP contribution in [0, 0.1) is 0 Å². The molecule has 0 N–H and O–H groups in total. The third-order valence-corrected chi connectivity index (χ3v) is 6.50. The highest BCUT2D eigenvalue weighted by Crippen LogP contribution is 2.17. The molecule has 1 aromatic rings. The Morgan fingerprint density at radius 1 is 0.500 bits per heavy atom. The van der Waals surface area contributed by atoms with Gasteiger partial charge in [0.1, 0.15) is 0 Å². The van der Waals surface area contributed by atoms with E-state index < -0.39 is 0 Å². The van der Waals surface area contributed by atoms with Crippen LogP contribution in [0.1, 0.15) is 142 Å². The molecule has 186 valence electrons. The van der Waals surface area contributed by atoms with E-state index in [1.807, 2.05) is 0 Å². The maximum absolute atomic E-state index is 6.22. The summed E-state index contributed by atoms with van der Waals surface area (Å²) in [5.41, 5.74) is 1.20. The zero-order valence-corrected chi connectivity index (χ0v) is 21.8. The molecule has 1 aromatic carbocycles. The van der Waals surface area contributed by atoms with E-state index in [0.29, 0.717) is 0 Å². The van der Waals surface area contributed by atoms with Gasteiger partial charge >= 0.3 is 0 Å². The number of rotatable bonds is 24. The Kier molecular flexibility index (Phi) is 21.0. The summed E-state index contributed by atoms with van der Waals surface area (Å²) in [6.45, 7) is 6.44. The number of hydrogen-bond acceptors (Lipinski definition) is 2. The van der Waals surface area contributed by atoms with Crippen LogP contribution in [0.2, 0.25) is 0 Å². The van der Waals surface area contributed by atoms with Gasteiger partial charge in [-0.15, -0.1) is 0 Å². The fourth-order valence-electron chi connectivity index (χ4n) is 4.37. The van der Waals surface area contributed by atoms with Crippen LogP contribution in [-0.2, 0) is 4.84 Å². The predicted octanol–water partition coefficient (Wildman–Crippen LogP) is 10.3. The number of hydroxylamine groups is 1. The van der Waals surface area contributed by atoms with Crippen molar-refractivity contribution in [2.45, 2.75) is 142 Å². The number of nitrogens with zero attached hydrogens (tertiary/aromatic N) is 1. The molecule has 0 heterocycles. The molecule has 0 radical (unpaired) electrons. The van der Waals surface area contributed by atoms with Crippen LogP contribution >= 0.6 is 0 Å². The quantitative estimate of drug-likeness (QED) is 0.116. The fourth-order valence-corrected chi connectivity index (χ4v) is 4.37. The molecule has 1 rings (SSSR count). The van der Waals surface area contributed by atoms with E-state index in [1.165, 1.54) is 134 Å². The molecular formula is C30H55NO. The van der Waals surface area contributed by atoms with Crippen LogP contribution in [0.3, 0.4) is 0 Å². The molecule has 0 aromatic heterocycles. The highest BCUT2D eigenvalue weighted by atomic mass is 16.7. The summed E-state index contributed by atoms with van der Waals surface area (Å²) in [7, 11) is 0. The Bertz CT molecular complexity index is 475. The minimum atomic E-state index is 0.850. The summed E-state index contributed by atoms with van der Waals surface area (Å²) >= 11 is 0. The van der Waals surface area contributed by atoms with Gasteiger partial charge in [0.2, 0.25) is 0 Å². The van der Waals surface area contributed by atoms with Crippen molar-refractivity contribution >= 4 is 5.69 Å². The molecule has 0 bridgehead atoms. The molecule has 2 nitrogen and oxygen atoms in total. The highest BCUT2D eigenvalue weighted by Gasteiger charge is 2.06. The van der Waals surface area contributed by atoms with E-state index in [4.69, 9.17) is 4.84 Å². The molecule has 0 amide bonds. The maximum atomic E-state index is 6.22. The lowest BCUT2D eigenvalue weighted by molar-refractivity contribution is 0.103. The molecule has 0 fully saturated rings. The third-order valence-electron chi connectivity index (χ3n) is 6.50. The number of para-hydroxylation sites is 1. The van der Waals surface area contributed by atoms with Crippen molar-refractivity contribution in [3.63, 3.8) is 0 Å². The van der Waals surface area contributed by atoms with Gasteiger partial charge in [-0.2, -0.15) is 0 Å². The second kappa shape index (κ2) is 23.1. The van der Waals surface area contributed by atoms with Crippen molar-refractivity contribution in [1.29, 1.82) is 0 Å². The zero-order valence-electron chi connectivity index (χ0n) is 21.8. The Labute approximate surface area is 201 Å². The Morgan fingerprint density at radius 2 is 0.906 bits per heavy atom. The molecule has 0 aliphatic heterocycles. The van der Waals surface area contributed by atoms with Crippen LogP contribution in [0.4, 0.5) is 5.69 Å². The SMILES string of the molecule is CCCCCCCCCCCCON(CCCCCCCCCCCC)c1ccccc1. The van der Waals surface area contributed by atoms with Gasteiger partial charge in [-0.25, -0.2) is 0 Å². The summed E-state index contributed by atoms with van der Waals surface area (Å²) in [5.74, 6) is 0. The van der Waals surface area contributed by atoms with Gasteiger partial charge in [-0.05, 0) is 25.0 Å². The fraction of sp³-hybridized carbons (Fsp3) is 0.800. The Hall–Kier alpha value is -1.02. The lowest BCUT2D eigenvalue weighted by Crippen LogP contribution is -2.25. The normalized spacial score (nSPS) is 11.2. The van der Waals surface area contributed by atoms with Gasteiger partial charge in [0.05, 0.1) is 12.3 Å². The summed E-state index contributed by atoms with van der Waals surface area (Å²) in [5, 5.41) is 2.15. The first-order valence-electron chi connectivity index (χ1n) is 14.3. The van der Waals surface area contributed by atoms with E-state index in [0.717, 1.165) is 13.2 Å². The standard InChI is InChI=1S/C30H55NO/c1-3-5-7-9-11-13-15-17-19-24-28-31(30-26-22-21-23-27-30)32-29-25-20-18-16-14-12-10-8-6-4-2/h21-23,26-27H,3-20,24-25,28-29H2,1-2H3. The molecule has 0 unspecified atom stereocenters. The molecule has 32 heavy (non-hydrogen) atoms. The molecule has 0 atom stereocenters. The van der Waals surface area contributed by atoms with E-state index in [9.17, 15) is 0 Å². The third kappa shape index (κ3) is 17.5. The molecule has 0 saturated carbocycles. The van der Waals surface area contributed by atoms with Crippen LogP contribution < -0.4 is 5.06 Å². The van der Waals surface area contributed by atoms with Crippen molar-refractivity contribution in [1.82, 2.24) is 0 Å². The number of benzene rings is 1. The van der Waals surface area contributed by atoms with Crippen LogP contribution in [0.5, 0.6) is 0 Å². The molecule has 0 aliphatic carbocycles. The number of hydrogen-bond donors (Lipinski definition) is 0. The van der Waals surface area contributed by atoms with Crippen LogP contribution in [0.15, 0.2) is 30.3 Å². The first-order valence-corrected chi connectivity index (χ1v) is 14.3. The van der Waals surface area contributed by atoms with Gasteiger partial charge in [0, 0.05) is 6.54 Å². The van der Waals surface area contributed by atoms with E-state index in [2.05, 4.69) is 49.2 Å². The van der Waals surface area contributed by atoms with Gasteiger partial charge in [-0.3, -0.25) is 9.90 Å². The van der Waals surface area contributed by atoms with E-state index in [1.54, 1.807) is 0 Å². The summed E-state index contributed by atoms with van der Waals surface area (Å²) in [6, 6.07) is 10.7. The lowest BCUT2D eigenvalue weighted by atomic mass is 10.1. The average Bonchev–Trinajstić information content (AvgIpc) is 2.83. The first kappa shape index (κ1) is 29.0. The van der Waals surface area contributed by atoms with Crippen molar-refractivity contribution in [3.8, 4) is 0 Å². The molecule has 2 heteroatoms. The van der Waals surface area contributed by atoms with Crippen molar-refractivity contribution < 1.29 is 4.84 Å².